The number of hydrogen-bond donors (Lipinski definition) is 1. The first-order chi connectivity index (χ1) is 7.58. The summed E-state index contributed by atoms with van der Waals surface area (Å²) in [5, 5.41) is 9.48. The molecule has 0 bridgehead atoms. The van der Waals surface area contributed by atoms with Crippen molar-refractivity contribution in [1.82, 2.24) is 4.90 Å². The van der Waals surface area contributed by atoms with Crippen molar-refractivity contribution in [3.05, 3.63) is 0 Å². The van der Waals surface area contributed by atoms with E-state index in [1.54, 1.807) is 16.7 Å². The monoisotopic (exact) mass is 243 g/mol. The van der Waals surface area contributed by atoms with E-state index in [4.69, 9.17) is 0 Å². The Morgan fingerprint density at radius 2 is 2.12 bits per heavy atom. The smallest absolute Gasteiger partial charge is 0.330 e. The predicted octanol–water partition coefficient (Wildman–Crippen LogP) is 1.35. The van der Waals surface area contributed by atoms with Crippen molar-refractivity contribution in [2.75, 3.05) is 11.5 Å². The minimum absolute atomic E-state index is 0.0904. The quantitative estimate of drug-likeness (QED) is 0.813. The first kappa shape index (κ1) is 11.8. The van der Waals surface area contributed by atoms with Crippen LogP contribution in [0.4, 0.5) is 0 Å². The van der Waals surface area contributed by atoms with E-state index in [1.165, 1.54) is 6.92 Å². The molecule has 5 heteroatoms. The molecular formula is C11H17NO3S. The zero-order valence-electron chi connectivity index (χ0n) is 9.44. The summed E-state index contributed by atoms with van der Waals surface area (Å²) in [5.41, 5.74) is -0.935. The summed E-state index contributed by atoms with van der Waals surface area (Å²) < 4.78 is 0. The fourth-order valence-electron chi connectivity index (χ4n) is 2.48. The minimum Gasteiger partial charge on any atom is -0.479 e. The molecule has 0 radical (unpaired) electrons. The van der Waals surface area contributed by atoms with Gasteiger partial charge in [-0.15, -0.1) is 0 Å². The maximum absolute atomic E-state index is 11.7. The van der Waals surface area contributed by atoms with Gasteiger partial charge in [-0.3, -0.25) is 4.79 Å². The molecule has 0 aromatic heterocycles. The van der Waals surface area contributed by atoms with Crippen LogP contribution in [0.1, 0.15) is 32.6 Å². The van der Waals surface area contributed by atoms with E-state index in [-0.39, 0.29) is 11.9 Å². The number of carboxylic acids is 1. The Hall–Kier alpha value is -0.710. The molecule has 0 aromatic rings. The van der Waals surface area contributed by atoms with Crippen molar-refractivity contribution < 1.29 is 14.7 Å². The van der Waals surface area contributed by atoms with Gasteiger partial charge in [-0.1, -0.05) is 0 Å². The van der Waals surface area contributed by atoms with Crippen LogP contribution in [-0.2, 0) is 9.59 Å². The van der Waals surface area contributed by atoms with Crippen molar-refractivity contribution in [2.45, 2.75) is 44.2 Å². The Bertz CT molecular complexity index is 308. The van der Waals surface area contributed by atoms with Crippen molar-refractivity contribution in [3.63, 3.8) is 0 Å². The number of nitrogens with zero attached hydrogens (tertiary/aromatic N) is 1. The van der Waals surface area contributed by atoms with Gasteiger partial charge < -0.3 is 10.0 Å². The lowest BCUT2D eigenvalue weighted by Gasteiger charge is -2.42. The number of rotatable bonds is 3. The second kappa shape index (κ2) is 4.28. The van der Waals surface area contributed by atoms with Gasteiger partial charge in [-0.05, 0) is 31.4 Å². The molecule has 1 atom stereocenters. The fraction of sp³-hybridized carbons (Fsp3) is 0.818. The number of carboxylic acid groups (broad SMARTS) is 1. The van der Waals surface area contributed by atoms with E-state index < -0.39 is 11.5 Å². The molecule has 1 saturated carbocycles. The molecule has 1 unspecified atom stereocenters. The van der Waals surface area contributed by atoms with Crippen LogP contribution in [0, 0.1) is 0 Å². The molecular weight excluding hydrogens is 226 g/mol. The van der Waals surface area contributed by atoms with Crippen LogP contribution in [-0.4, -0.2) is 45.0 Å². The van der Waals surface area contributed by atoms with Gasteiger partial charge in [0.05, 0.1) is 0 Å². The highest BCUT2D eigenvalue weighted by Gasteiger charge is 2.51. The lowest BCUT2D eigenvalue weighted by atomic mass is 9.92. The van der Waals surface area contributed by atoms with E-state index >= 15 is 0 Å². The van der Waals surface area contributed by atoms with E-state index in [0.29, 0.717) is 12.2 Å². The molecule has 1 amide bonds. The first-order valence-electron chi connectivity index (χ1n) is 5.69. The summed E-state index contributed by atoms with van der Waals surface area (Å²) in [7, 11) is 0. The molecule has 1 saturated heterocycles. The summed E-state index contributed by atoms with van der Waals surface area (Å²) in [6.07, 6.45) is 3.40. The first-order valence-corrected chi connectivity index (χ1v) is 6.84. The van der Waals surface area contributed by atoms with Gasteiger partial charge in [0.15, 0.2) is 0 Å². The van der Waals surface area contributed by atoms with Gasteiger partial charge in [0.2, 0.25) is 5.91 Å². The zero-order chi connectivity index (χ0) is 11.8. The highest BCUT2D eigenvalue weighted by atomic mass is 32.2. The highest BCUT2D eigenvalue weighted by Crippen LogP contribution is 2.40. The molecule has 2 fully saturated rings. The Labute approximate surface area is 99.4 Å². The highest BCUT2D eigenvalue weighted by molar-refractivity contribution is 7.99. The minimum atomic E-state index is -0.935. The molecule has 16 heavy (non-hydrogen) atoms. The second-order valence-electron chi connectivity index (χ2n) is 4.61. The Balaban J connectivity index is 2.28. The van der Waals surface area contributed by atoms with Crippen LogP contribution in [0.15, 0.2) is 0 Å². The average molecular weight is 243 g/mol. The molecule has 1 heterocycles. The van der Waals surface area contributed by atoms with Gasteiger partial charge in [-0.2, -0.15) is 11.8 Å². The van der Waals surface area contributed by atoms with Gasteiger partial charge >= 0.3 is 5.97 Å². The van der Waals surface area contributed by atoms with Crippen LogP contribution in [0.3, 0.4) is 0 Å². The fourth-order valence-corrected chi connectivity index (χ4v) is 3.72. The van der Waals surface area contributed by atoms with Crippen LogP contribution in [0.5, 0.6) is 0 Å². The molecule has 1 aliphatic heterocycles. The van der Waals surface area contributed by atoms with Crippen LogP contribution in [0.25, 0.3) is 0 Å². The number of carbonyl (C=O) groups is 2. The van der Waals surface area contributed by atoms with Crippen molar-refractivity contribution in [2.24, 2.45) is 0 Å². The third kappa shape index (κ3) is 1.93. The largest absolute Gasteiger partial charge is 0.479 e. The van der Waals surface area contributed by atoms with Gasteiger partial charge in [0.25, 0.3) is 0 Å². The Kier molecular flexibility index (Phi) is 3.15. The van der Waals surface area contributed by atoms with Gasteiger partial charge in [0, 0.05) is 18.7 Å². The second-order valence-corrected chi connectivity index (χ2v) is 5.72. The van der Waals surface area contributed by atoms with Crippen molar-refractivity contribution in [3.8, 4) is 0 Å². The zero-order valence-corrected chi connectivity index (χ0v) is 10.3. The molecule has 4 nitrogen and oxygen atoms in total. The predicted molar refractivity (Wildman–Crippen MR) is 62.5 cm³/mol. The van der Waals surface area contributed by atoms with Gasteiger partial charge in [0.1, 0.15) is 5.54 Å². The summed E-state index contributed by atoms with van der Waals surface area (Å²) in [5.74, 6) is 0.623. The number of carbonyl (C=O) groups excluding carboxylic acids is 1. The molecule has 2 rings (SSSR count). The summed E-state index contributed by atoms with van der Waals surface area (Å²) >= 11 is 1.65. The molecule has 0 spiro atoms. The van der Waals surface area contributed by atoms with E-state index in [9.17, 15) is 14.7 Å². The molecule has 2 aliphatic rings. The van der Waals surface area contributed by atoms with Gasteiger partial charge in [-0.25, -0.2) is 4.79 Å². The maximum Gasteiger partial charge on any atom is 0.330 e. The SMILES string of the molecule is CC(=O)N(C1CC1)C1(C(=O)O)CCCSC1. The van der Waals surface area contributed by atoms with Crippen molar-refractivity contribution >= 4 is 23.6 Å². The number of thioether (sulfide) groups is 1. The average Bonchev–Trinajstić information content (AvgIpc) is 3.03. The lowest BCUT2D eigenvalue weighted by Crippen LogP contribution is -2.60. The lowest BCUT2D eigenvalue weighted by molar-refractivity contribution is -0.158. The molecule has 90 valence electrons. The molecule has 1 N–H and O–H groups in total. The van der Waals surface area contributed by atoms with Crippen LogP contribution < -0.4 is 0 Å². The number of amides is 1. The third-order valence-electron chi connectivity index (χ3n) is 3.33. The van der Waals surface area contributed by atoms with Crippen LogP contribution in [0.2, 0.25) is 0 Å². The number of aliphatic carboxylic acids is 1. The number of hydrogen-bond acceptors (Lipinski definition) is 3. The standard InChI is InChI=1S/C11H17NO3S/c1-8(13)12(9-3-4-9)11(10(14)15)5-2-6-16-7-11/h9H,2-7H2,1H3,(H,14,15). The summed E-state index contributed by atoms with van der Waals surface area (Å²) in [4.78, 5) is 24.9. The summed E-state index contributed by atoms with van der Waals surface area (Å²) in [6, 6.07) is 0.173. The third-order valence-corrected chi connectivity index (χ3v) is 4.59. The molecule has 0 aromatic carbocycles. The summed E-state index contributed by atoms with van der Waals surface area (Å²) in [6.45, 7) is 1.49. The van der Waals surface area contributed by atoms with Crippen molar-refractivity contribution in [1.29, 1.82) is 0 Å². The van der Waals surface area contributed by atoms with Crippen LogP contribution >= 0.6 is 11.8 Å². The van der Waals surface area contributed by atoms with E-state index in [1.807, 2.05) is 0 Å². The maximum atomic E-state index is 11.7. The molecule has 1 aliphatic carbocycles. The van der Waals surface area contributed by atoms with E-state index in [0.717, 1.165) is 25.0 Å². The Morgan fingerprint density at radius 3 is 2.50 bits per heavy atom. The Morgan fingerprint density at radius 1 is 1.44 bits per heavy atom. The topological polar surface area (TPSA) is 57.6 Å². The normalized spacial score (nSPS) is 29.8. The van der Waals surface area contributed by atoms with E-state index in [2.05, 4.69) is 0 Å².